The second kappa shape index (κ2) is 5.09. The molecule has 0 bridgehead atoms. The highest BCUT2D eigenvalue weighted by Gasteiger charge is 2.26. The smallest absolute Gasteiger partial charge is 0.318 e. The van der Waals surface area contributed by atoms with Gasteiger partial charge in [0.25, 0.3) is 0 Å². The largest absolute Gasteiger partial charge is 0.481 e. The monoisotopic (exact) mass is 356 g/mol. The molecule has 0 atom stereocenters. The van der Waals surface area contributed by atoms with Gasteiger partial charge in [0.15, 0.2) is 5.92 Å². The average Bonchev–Trinajstić information content (AvgIpc) is 2.41. The van der Waals surface area contributed by atoms with Crippen molar-refractivity contribution in [2.75, 3.05) is 0 Å². The summed E-state index contributed by atoms with van der Waals surface area (Å²) in [5, 5.41) is 17.4. The van der Waals surface area contributed by atoms with Crippen LogP contribution < -0.4 is 0 Å². The number of thiophene rings is 1. The van der Waals surface area contributed by atoms with Crippen LogP contribution in [0.1, 0.15) is 4.88 Å². The molecule has 1 rings (SSSR count). The molecule has 0 aliphatic carbocycles. The van der Waals surface area contributed by atoms with Gasteiger partial charge in [0.05, 0.1) is 3.79 Å². The second-order valence-corrected chi connectivity index (χ2v) is 6.08. The zero-order chi connectivity index (χ0) is 11.6. The maximum atomic E-state index is 10.6. The summed E-state index contributed by atoms with van der Waals surface area (Å²) in [7, 11) is 0. The van der Waals surface area contributed by atoms with Gasteiger partial charge in [-0.1, -0.05) is 0 Å². The molecule has 0 aromatic carbocycles. The summed E-state index contributed by atoms with van der Waals surface area (Å²) in [5.41, 5.74) is 0. The predicted octanol–water partition coefficient (Wildman–Crippen LogP) is 2.60. The Morgan fingerprint density at radius 3 is 2.20 bits per heavy atom. The molecule has 0 spiro atoms. The van der Waals surface area contributed by atoms with E-state index in [1.54, 1.807) is 6.07 Å². The van der Waals surface area contributed by atoms with Gasteiger partial charge in [-0.05, 0) is 37.9 Å². The fourth-order valence-electron chi connectivity index (χ4n) is 0.973. The maximum absolute atomic E-state index is 10.6. The van der Waals surface area contributed by atoms with Crippen molar-refractivity contribution < 1.29 is 19.8 Å². The molecule has 82 valence electrons. The van der Waals surface area contributed by atoms with Gasteiger partial charge >= 0.3 is 11.9 Å². The molecule has 0 aliphatic heterocycles. The SMILES string of the molecule is O=C(O)C(Cc1cc(Br)c(Br)s1)C(=O)O. The lowest BCUT2D eigenvalue weighted by Gasteiger charge is -2.04. The van der Waals surface area contributed by atoms with Crippen molar-refractivity contribution in [2.24, 2.45) is 5.92 Å². The lowest BCUT2D eigenvalue weighted by atomic mass is 10.1. The van der Waals surface area contributed by atoms with Crippen LogP contribution in [0.4, 0.5) is 0 Å². The normalized spacial score (nSPS) is 10.6. The minimum atomic E-state index is -1.39. The first-order valence-corrected chi connectivity index (χ1v) is 6.21. The Hall–Kier alpha value is -0.400. The fraction of sp³-hybridized carbons (Fsp3) is 0.250. The molecular weight excluding hydrogens is 352 g/mol. The minimum absolute atomic E-state index is 0.000463. The van der Waals surface area contributed by atoms with Gasteiger partial charge < -0.3 is 10.2 Å². The number of hydrogen-bond acceptors (Lipinski definition) is 3. The van der Waals surface area contributed by atoms with Crippen molar-refractivity contribution in [1.29, 1.82) is 0 Å². The van der Waals surface area contributed by atoms with E-state index in [9.17, 15) is 9.59 Å². The molecule has 0 saturated heterocycles. The van der Waals surface area contributed by atoms with Crippen LogP contribution in [0.5, 0.6) is 0 Å². The first-order valence-electron chi connectivity index (χ1n) is 3.81. The predicted molar refractivity (Wildman–Crippen MR) is 62.2 cm³/mol. The van der Waals surface area contributed by atoms with E-state index in [1.807, 2.05) is 0 Å². The van der Waals surface area contributed by atoms with E-state index in [2.05, 4.69) is 31.9 Å². The first kappa shape index (κ1) is 12.7. The maximum Gasteiger partial charge on any atom is 0.318 e. The molecule has 7 heteroatoms. The molecule has 4 nitrogen and oxygen atoms in total. The molecule has 2 N–H and O–H groups in total. The standard InChI is InChI=1S/C8H6Br2O4S/c9-5-2-3(15-6(5)10)1-4(7(11)12)8(13)14/h2,4H,1H2,(H,11,12)(H,13,14). The third-order valence-corrected chi connectivity index (χ3v) is 4.98. The summed E-state index contributed by atoms with van der Waals surface area (Å²) >= 11 is 7.83. The van der Waals surface area contributed by atoms with E-state index in [-0.39, 0.29) is 6.42 Å². The van der Waals surface area contributed by atoms with Crippen molar-refractivity contribution in [3.05, 3.63) is 19.2 Å². The number of carboxylic acid groups (broad SMARTS) is 2. The van der Waals surface area contributed by atoms with E-state index in [0.717, 1.165) is 8.26 Å². The quantitative estimate of drug-likeness (QED) is 0.812. The Kier molecular flexibility index (Phi) is 4.30. The van der Waals surface area contributed by atoms with Crippen molar-refractivity contribution >= 4 is 55.1 Å². The van der Waals surface area contributed by atoms with Gasteiger partial charge in [-0.3, -0.25) is 9.59 Å². The average molecular weight is 358 g/mol. The molecule has 0 radical (unpaired) electrons. The molecule has 1 aromatic heterocycles. The summed E-state index contributed by atoms with van der Waals surface area (Å²) in [5.74, 6) is -4.02. The summed E-state index contributed by atoms with van der Waals surface area (Å²) in [6.45, 7) is 0. The van der Waals surface area contributed by atoms with Gasteiger partial charge in [0.1, 0.15) is 0 Å². The Morgan fingerprint density at radius 1 is 1.33 bits per heavy atom. The summed E-state index contributed by atoms with van der Waals surface area (Å²) in [4.78, 5) is 22.0. The highest BCUT2D eigenvalue weighted by Crippen LogP contribution is 2.33. The molecule has 0 amide bonds. The van der Waals surface area contributed by atoms with Crippen LogP contribution in [0.25, 0.3) is 0 Å². The highest BCUT2D eigenvalue weighted by atomic mass is 79.9. The van der Waals surface area contributed by atoms with E-state index >= 15 is 0 Å². The molecule has 0 aliphatic rings. The number of halogens is 2. The van der Waals surface area contributed by atoms with E-state index in [0.29, 0.717) is 4.88 Å². The van der Waals surface area contributed by atoms with Crippen LogP contribution in [-0.4, -0.2) is 22.2 Å². The molecule has 0 fully saturated rings. The van der Waals surface area contributed by atoms with Gasteiger partial charge in [0.2, 0.25) is 0 Å². The van der Waals surface area contributed by atoms with Crippen molar-refractivity contribution in [3.63, 3.8) is 0 Å². The molecular formula is C8H6Br2O4S. The third-order valence-electron chi connectivity index (χ3n) is 1.70. The Labute approximate surface area is 106 Å². The zero-order valence-electron chi connectivity index (χ0n) is 7.24. The number of carbonyl (C=O) groups is 2. The molecule has 15 heavy (non-hydrogen) atoms. The Morgan fingerprint density at radius 2 is 1.87 bits per heavy atom. The number of rotatable bonds is 4. The van der Waals surface area contributed by atoms with Crippen LogP contribution in [0, 0.1) is 5.92 Å². The molecule has 0 saturated carbocycles. The summed E-state index contributed by atoms with van der Waals surface area (Å²) < 4.78 is 1.63. The number of hydrogen-bond donors (Lipinski definition) is 2. The zero-order valence-corrected chi connectivity index (χ0v) is 11.2. The van der Waals surface area contributed by atoms with Crippen molar-refractivity contribution in [3.8, 4) is 0 Å². The van der Waals surface area contributed by atoms with Crippen molar-refractivity contribution in [2.45, 2.75) is 6.42 Å². The first-order chi connectivity index (χ1) is 6.91. The van der Waals surface area contributed by atoms with E-state index in [1.165, 1.54) is 11.3 Å². The minimum Gasteiger partial charge on any atom is -0.481 e. The van der Waals surface area contributed by atoms with Gasteiger partial charge in [-0.2, -0.15) is 0 Å². The molecule has 1 aromatic rings. The lowest BCUT2D eigenvalue weighted by Crippen LogP contribution is -2.25. The fourth-order valence-corrected chi connectivity index (χ4v) is 3.20. The van der Waals surface area contributed by atoms with E-state index in [4.69, 9.17) is 10.2 Å². The number of aliphatic carboxylic acids is 2. The van der Waals surface area contributed by atoms with Gasteiger partial charge in [-0.15, -0.1) is 11.3 Å². The lowest BCUT2D eigenvalue weighted by molar-refractivity contribution is -0.154. The summed E-state index contributed by atoms with van der Waals surface area (Å²) in [6.07, 6.45) is -0.000463. The van der Waals surface area contributed by atoms with Crippen LogP contribution >= 0.6 is 43.2 Å². The van der Waals surface area contributed by atoms with Crippen LogP contribution in [0.2, 0.25) is 0 Å². The van der Waals surface area contributed by atoms with E-state index < -0.39 is 17.9 Å². The van der Waals surface area contributed by atoms with Gasteiger partial charge in [0, 0.05) is 15.8 Å². The van der Waals surface area contributed by atoms with Crippen LogP contribution in [0.15, 0.2) is 14.3 Å². The second-order valence-electron chi connectivity index (χ2n) is 2.77. The third kappa shape index (κ3) is 3.29. The molecule has 1 heterocycles. The number of carboxylic acids is 2. The van der Waals surface area contributed by atoms with Crippen molar-refractivity contribution in [1.82, 2.24) is 0 Å². The topological polar surface area (TPSA) is 74.6 Å². The Bertz CT molecular complexity index is 368. The Balaban J connectivity index is 2.83. The van der Waals surface area contributed by atoms with Crippen LogP contribution in [-0.2, 0) is 16.0 Å². The highest BCUT2D eigenvalue weighted by molar-refractivity contribution is 9.13. The molecule has 0 unspecified atom stereocenters. The van der Waals surface area contributed by atoms with Crippen LogP contribution in [0.3, 0.4) is 0 Å². The van der Waals surface area contributed by atoms with Gasteiger partial charge in [-0.25, -0.2) is 0 Å². The summed E-state index contributed by atoms with van der Waals surface area (Å²) in [6, 6.07) is 1.72.